The first-order valence-corrected chi connectivity index (χ1v) is 4.35. The molecule has 0 atom stereocenters. The van der Waals surface area contributed by atoms with Crippen molar-refractivity contribution >= 4 is 17.1 Å². The van der Waals surface area contributed by atoms with Crippen molar-refractivity contribution in [1.82, 2.24) is 4.98 Å². The molecule has 0 saturated carbocycles. The summed E-state index contributed by atoms with van der Waals surface area (Å²) in [4.78, 5) is 14.9. The fraction of sp³-hybridized carbons (Fsp3) is 0.200. The highest BCUT2D eigenvalue weighted by Crippen LogP contribution is 2.24. The number of carbonyl (C=O) groups is 1. The summed E-state index contributed by atoms with van der Waals surface area (Å²) in [6, 6.07) is 4.82. The molecule has 0 unspecified atom stereocenters. The van der Waals surface area contributed by atoms with Gasteiger partial charge in [0.1, 0.15) is 12.2 Å². The zero-order valence-corrected chi connectivity index (χ0v) is 8.06. The van der Waals surface area contributed by atoms with Gasteiger partial charge in [0.15, 0.2) is 11.1 Å². The molecule has 0 aliphatic carbocycles. The Morgan fingerprint density at radius 1 is 1.60 bits per heavy atom. The number of hydrogen-bond donors (Lipinski definition) is 1. The Balaban J connectivity index is 2.39. The molecule has 1 heterocycles. The number of benzene rings is 1. The number of aromatic nitrogens is 1. The van der Waals surface area contributed by atoms with Crippen LogP contribution in [0.5, 0.6) is 5.75 Å². The minimum atomic E-state index is -0.430. The number of fused-ring (bicyclic) bond motifs is 1. The lowest BCUT2D eigenvalue weighted by Gasteiger charge is -1.92. The van der Waals surface area contributed by atoms with Crippen LogP contribution in [0, 0.1) is 0 Å². The smallest absolute Gasteiger partial charge is 0.314 e. The Morgan fingerprint density at radius 2 is 2.40 bits per heavy atom. The number of ether oxygens (including phenoxy) is 1. The third-order valence-corrected chi connectivity index (χ3v) is 1.97. The van der Waals surface area contributed by atoms with E-state index < -0.39 is 5.97 Å². The molecule has 0 aliphatic rings. The normalized spacial score (nSPS) is 10.5. The first-order valence-electron chi connectivity index (χ1n) is 4.35. The maximum atomic E-state index is 11.0. The van der Waals surface area contributed by atoms with E-state index in [9.17, 15) is 9.90 Å². The molecule has 0 aliphatic heterocycles. The van der Waals surface area contributed by atoms with E-state index in [4.69, 9.17) is 4.42 Å². The van der Waals surface area contributed by atoms with Crippen molar-refractivity contribution in [2.75, 3.05) is 7.11 Å². The quantitative estimate of drug-likeness (QED) is 0.750. The molecule has 78 valence electrons. The van der Waals surface area contributed by atoms with Crippen molar-refractivity contribution in [2.45, 2.75) is 6.42 Å². The Morgan fingerprint density at radius 3 is 3.07 bits per heavy atom. The Bertz CT molecular complexity index is 503. The predicted octanol–water partition coefficient (Wildman–Crippen LogP) is 1.25. The molecule has 0 saturated heterocycles. The van der Waals surface area contributed by atoms with Crippen molar-refractivity contribution in [1.29, 1.82) is 0 Å². The third kappa shape index (κ3) is 1.76. The van der Waals surface area contributed by atoms with E-state index in [2.05, 4.69) is 9.72 Å². The largest absolute Gasteiger partial charge is 0.506 e. The molecular formula is C10H9NO4. The minimum Gasteiger partial charge on any atom is -0.506 e. The van der Waals surface area contributed by atoms with E-state index in [1.54, 1.807) is 12.1 Å². The summed E-state index contributed by atoms with van der Waals surface area (Å²) < 4.78 is 9.73. The van der Waals surface area contributed by atoms with Gasteiger partial charge in [-0.1, -0.05) is 6.07 Å². The molecule has 0 radical (unpaired) electrons. The van der Waals surface area contributed by atoms with E-state index in [0.717, 1.165) is 0 Å². The highest BCUT2D eigenvalue weighted by Gasteiger charge is 2.12. The third-order valence-electron chi connectivity index (χ3n) is 1.97. The van der Waals surface area contributed by atoms with Crippen LogP contribution in [0.3, 0.4) is 0 Å². The van der Waals surface area contributed by atoms with Gasteiger partial charge in [0.05, 0.1) is 7.11 Å². The lowest BCUT2D eigenvalue weighted by Crippen LogP contribution is -2.04. The highest BCUT2D eigenvalue weighted by molar-refractivity contribution is 5.80. The number of rotatable bonds is 2. The molecule has 1 N–H and O–H groups in total. The van der Waals surface area contributed by atoms with Gasteiger partial charge in [0.25, 0.3) is 0 Å². The monoisotopic (exact) mass is 207 g/mol. The van der Waals surface area contributed by atoms with Crippen LogP contribution in [0.2, 0.25) is 0 Å². The number of phenolic OH excluding ortho intramolecular Hbond substituents is 1. The summed E-state index contributed by atoms with van der Waals surface area (Å²) in [6.45, 7) is 0. The van der Waals surface area contributed by atoms with Gasteiger partial charge in [-0.2, -0.15) is 0 Å². The van der Waals surface area contributed by atoms with Gasteiger partial charge in [-0.25, -0.2) is 4.98 Å². The topological polar surface area (TPSA) is 72.6 Å². The Labute approximate surface area is 85.3 Å². The average molecular weight is 207 g/mol. The number of aromatic hydroxyl groups is 1. The van der Waals surface area contributed by atoms with Crippen LogP contribution in [0.1, 0.15) is 5.89 Å². The fourth-order valence-corrected chi connectivity index (χ4v) is 1.25. The van der Waals surface area contributed by atoms with Crippen LogP contribution in [0.25, 0.3) is 11.1 Å². The Kier molecular flexibility index (Phi) is 2.29. The molecule has 1 aromatic carbocycles. The van der Waals surface area contributed by atoms with E-state index in [1.807, 2.05) is 0 Å². The van der Waals surface area contributed by atoms with Crippen LogP contribution in [-0.4, -0.2) is 23.2 Å². The van der Waals surface area contributed by atoms with Gasteiger partial charge < -0.3 is 14.3 Å². The SMILES string of the molecule is COC(=O)Cc1nc2c(O)cccc2o1. The molecule has 1 aromatic heterocycles. The van der Waals surface area contributed by atoms with Crippen LogP contribution < -0.4 is 0 Å². The predicted molar refractivity (Wildman–Crippen MR) is 51.4 cm³/mol. The van der Waals surface area contributed by atoms with E-state index >= 15 is 0 Å². The summed E-state index contributed by atoms with van der Waals surface area (Å²) in [5.74, 6) is -0.160. The average Bonchev–Trinajstić information content (AvgIpc) is 2.62. The zero-order chi connectivity index (χ0) is 10.8. The van der Waals surface area contributed by atoms with Crippen LogP contribution in [-0.2, 0) is 16.0 Å². The second-order valence-electron chi connectivity index (χ2n) is 2.98. The van der Waals surface area contributed by atoms with Crippen molar-refractivity contribution in [3.63, 3.8) is 0 Å². The number of carbonyl (C=O) groups excluding carboxylic acids is 1. The summed E-state index contributed by atoms with van der Waals surface area (Å²) in [7, 11) is 1.29. The number of methoxy groups -OCH3 is 1. The van der Waals surface area contributed by atoms with Gasteiger partial charge in [-0.3, -0.25) is 4.79 Å². The molecule has 5 nitrogen and oxygen atoms in total. The Hall–Kier alpha value is -2.04. The molecule has 2 rings (SSSR count). The van der Waals surface area contributed by atoms with E-state index in [-0.39, 0.29) is 18.1 Å². The van der Waals surface area contributed by atoms with Gasteiger partial charge in [-0.05, 0) is 12.1 Å². The molecular weight excluding hydrogens is 198 g/mol. The number of hydrogen-bond acceptors (Lipinski definition) is 5. The number of esters is 1. The van der Waals surface area contributed by atoms with Crippen LogP contribution in [0.4, 0.5) is 0 Å². The highest BCUT2D eigenvalue weighted by atomic mass is 16.5. The lowest BCUT2D eigenvalue weighted by atomic mass is 10.3. The first kappa shape index (κ1) is 9.51. The van der Waals surface area contributed by atoms with Crippen molar-refractivity contribution in [3.05, 3.63) is 24.1 Å². The first-order chi connectivity index (χ1) is 7.20. The summed E-state index contributed by atoms with van der Waals surface area (Å²) >= 11 is 0. The van der Waals surface area contributed by atoms with Gasteiger partial charge in [0, 0.05) is 0 Å². The minimum absolute atomic E-state index is 0.0346. The molecule has 2 aromatic rings. The second kappa shape index (κ2) is 3.61. The fourth-order valence-electron chi connectivity index (χ4n) is 1.25. The second-order valence-corrected chi connectivity index (χ2v) is 2.98. The maximum absolute atomic E-state index is 11.0. The van der Waals surface area contributed by atoms with E-state index in [0.29, 0.717) is 11.1 Å². The van der Waals surface area contributed by atoms with E-state index in [1.165, 1.54) is 13.2 Å². The van der Waals surface area contributed by atoms with Crippen molar-refractivity contribution < 1.29 is 19.1 Å². The zero-order valence-electron chi connectivity index (χ0n) is 8.06. The summed E-state index contributed by atoms with van der Waals surface area (Å²) in [5, 5.41) is 9.44. The summed E-state index contributed by atoms with van der Waals surface area (Å²) in [6.07, 6.45) is -0.0371. The van der Waals surface area contributed by atoms with Crippen LogP contribution >= 0.6 is 0 Å². The number of oxazole rings is 1. The maximum Gasteiger partial charge on any atom is 0.314 e. The van der Waals surface area contributed by atoms with Gasteiger partial charge >= 0.3 is 5.97 Å². The van der Waals surface area contributed by atoms with Crippen molar-refractivity contribution in [3.8, 4) is 5.75 Å². The lowest BCUT2D eigenvalue weighted by molar-refractivity contribution is -0.140. The van der Waals surface area contributed by atoms with Crippen molar-refractivity contribution in [2.24, 2.45) is 0 Å². The standard InChI is InChI=1S/C10H9NO4/c1-14-9(13)5-8-11-10-6(12)3-2-4-7(10)15-8/h2-4,12H,5H2,1H3. The van der Waals surface area contributed by atoms with Crippen LogP contribution in [0.15, 0.2) is 22.6 Å². The van der Waals surface area contributed by atoms with Gasteiger partial charge in [-0.15, -0.1) is 0 Å². The molecule has 0 fully saturated rings. The molecule has 5 heteroatoms. The molecule has 0 spiro atoms. The number of nitrogens with zero attached hydrogens (tertiary/aromatic N) is 1. The van der Waals surface area contributed by atoms with Gasteiger partial charge in [0.2, 0.25) is 5.89 Å². The molecule has 15 heavy (non-hydrogen) atoms. The molecule has 0 amide bonds. The summed E-state index contributed by atoms with van der Waals surface area (Å²) in [5.41, 5.74) is 0.810. The number of phenols is 1. The number of para-hydroxylation sites is 1. The molecule has 0 bridgehead atoms.